The van der Waals surface area contributed by atoms with Gasteiger partial charge in [-0.3, -0.25) is 9.25 Å². The van der Waals surface area contributed by atoms with Crippen LogP contribution < -0.4 is 5.32 Å². The highest BCUT2D eigenvalue weighted by Crippen LogP contribution is 2.29. The Morgan fingerprint density at radius 2 is 1.86 bits per heavy atom. The number of aromatic nitrogens is 7. The third kappa shape index (κ3) is 4.75. The lowest BCUT2D eigenvalue weighted by atomic mass is 10.1. The van der Waals surface area contributed by atoms with E-state index >= 15 is 0 Å². The number of nitrogens with one attached hydrogen (secondary N) is 1. The van der Waals surface area contributed by atoms with Gasteiger partial charge in [0.25, 0.3) is 0 Å². The van der Waals surface area contributed by atoms with E-state index in [1.807, 2.05) is 37.3 Å². The standard InChI is InChI=1S/C24H21F3N8O/c1-14-3-7-21(32-31-14)29-17-5-6-20-19(9-17)28-13-35(20)22-8-4-16(11-36)23(30-22)18-10-34(33-15(18)2)12-24(25,26)27/h3-10,13,36H,11-12H2,1-2H3,(H,29,32). The molecule has 5 rings (SSSR count). The van der Waals surface area contributed by atoms with E-state index in [9.17, 15) is 18.3 Å². The van der Waals surface area contributed by atoms with Crippen LogP contribution in [0, 0.1) is 13.8 Å². The van der Waals surface area contributed by atoms with E-state index in [0.29, 0.717) is 39.7 Å². The van der Waals surface area contributed by atoms with Crippen LogP contribution in [0.25, 0.3) is 28.1 Å². The molecule has 0 saturated carbocycles. The maximum atomic E-state index is 12.9. The topological polar surface area (TPSA) is 107 Å². The van der Waals surface area contributed by atoms with E-state index in [1.54, 1.807) is 30.0 Å². The van der Waals surface area contributed by atoms with E-state index in [2.05, 4.69) is 30.6 Å². The number of hydrogen-bond acceptors (Lipinski definition) is 7. The van der Waals surface area contributed by atoms with E-state index in [-0.39, 0.29) is 6.61 Å². The van der Waals surface area contributed by atoms with E-state index in [0.717, 1.165) is 21.6 Å². The van der Waals surface area contributed by atoms with Gasteiger partial charge in [0.2, 0.25) is 0 Å². The Balaban J connectivity index is 1.50. The highest BCUT2D eigenvalue weighted by Gasteiger charge is 2.29. The molecule has 0 aliphatic carbocycles. The van der Waals surface area contributed by atoms with Gasteiger partial charge in [0.05, 0.1) is 34.7 Å². The lowest BCUT2D eigenvalue weighted by Gasteiger charge is -2.10. The van der Waals surface area contributed by atoms with Crippen molar-refractivity contribution in [2.24, 2.45) is 0 Å². The summed E-state index contributed by atoms with van der Waals surface area (Å²) in [5.41, 5.74) is 4.70. The van der Waals surface area contributed by atoms with Crippen molar-refractivity contribution in [2.45, 2.75) is 33.2 Å². The fourth-order valence-electron chi connectivity index (χ4n) is 3.87. The van der Waals surface area contributed by atoms with Crippen LogP contribution in [0.2, 0.25) is 0 Å². The normalized spacial score (nSPS) is 11.8. The average Bonchev–Trinajstić information content (AvgIpc) is 3.41. The largest absolute Gasteiger partial charge is 0.408 e. The summed E-state index contributed by atoms with van der Waals surface area (Å²) in [6.45, 7) is 1.93. The third-order valence-electron chi connectivity index (χ3n) is 5.54. The van der Waals surface area contributed by atoms with Crippen molar-refractivity contribution in [1.29, 1.82) is 0 Å². The van der Waals surface area contributed by atoms with Gasteiger partial charge in [-0.15, -0.1) is 5.10 Å². The van der Waals surface area contributed by atoms with Crippen molar-refractivity contribution in [1.82, 2.24) is 34.5 Å². The summed E-state index contributed by atoms with van der Waals surface area (Å²) in [6.07, 6.45) is -1.49. The second-order valence-electron chi connectivity index (χ2n) is 8.28. The quantitative estimate of drug-likeness (QED) is 0.358. The van der Waals surface area contributed by atoms with Crippen molar-refractivity contribution < 1.29 is 18.3 Å². The van der Waals surface area contributed by atoms with E-state index in [1.165, 1.54) is 6.20 Å². The maximum absolute atomic E-state index is 12.9. The van der Waals surface area contributed by atoms with Gasteiger partial charge >= 0.3 is 6.18 Å². The predicted molar refractivity (Wildman–Crippen MR) is 127 cm³/mol. The number of anilines is 2. The van der Waals surface area contributed by atoms with Crippen LogP contribution in [-0.2, 0) is 13.2 Å². The zero-order valence-corrected chi connectivity index (χ0v) is 19.3. The number of hydrogen-bond donors (Lipinski definition) is 2. The van der Waals surface area contributed by atoms with Crippen molar-refractivity contribution in [3.05, 3.63) is 71.9 Å². The molecular formula is C24H21F3N8O. The van der Waals surface area contributed by atoms with Gasteiger partial charge in [-0.25, -0.2) is 9.97 Å². The van der Waals surface area contributed by atoms with Crippen LogP contribution >= 0.6 is 0 Å². The van der Waals surface area contributed by atoms with Gasteiger partial charge in [0, 0.05) is 23.0 Å². The molecule has 0 fully saturated rings. The molecule has 2 N–H and O–H groups in total. The molecule has 0 saturated heterocycles. The van der Waals surface area contributed by atoms with Gasteiger partial charge < -0.3 is 10.4 Å². The number of aliphatic hydroxyl groups is 1. The fourth-order valence-corrected chi connectivity index (χ4v) is 3.87. The molecule has 0 radical (unpaired) electrons. The molecule has 0 unspecified atom stereocenters. The molecule has 4 aromatic heterocycles. The minimum atomic E-state index is -4.40. The first-order valence-electron chi connectivity index (χ1n) is 11.0. The first-order chi connectivity index (χ1) is 17.2. The van der Waals surface area contributed by atoms with Gasteiger partial charge in [-0.1, -0.05) is 6.07 Å². The third-order valence-corrected chi connectivity index (χ3v) is 5.54. The molecule has 1 aromatic carbocycles. The van der Waals surface area contributed by atoms with Crippen molar-refractivity contribution in [3.8, 4) is 17.1 Å². The fraction of sp³-hybridized carbons (Fsp3) is 0.208. The summed E-state index contributed by atoms with van der Waals surface area (Å²) in [5.74, 6) is 1.10. The summed E-state index contributed by atoms with van der Waals surface area (Å²) in [7, 11) is 0. The van der Waals surface area contributed by atoms with Crippen LogP contribution in [0.4, 0.5) is 24.7 Å². The number of rotatable bonds is 6. The summed E-state index contributed by atoms with van der Waals surface area (Å²) >= 11 is 0. The van der Waals surface area contributed by atoms with Gasteiger partial charge in [0.15, 0.2) is 5.82 Å². The van der Waals surface area contributed by atoms with Crippen LogP contribution in [0.5, 0.6) is 0 Å². The Morgan fingerprint density at radius 3 is 2.58 bits per heavy atom. The van der Waals surface area contributed by atoms with Crippen LogP contribution in [0.3, 0.4) is 0 Å². The molecule has 0 amide bonds. The molecule has 36 heavy (non-hydrogen) atoms. The van der Waals surface area contributed by atoms with Crippen molar-refractivity contribution in [3.63, 3.8) is 0 Å². The van der Waals surface area contributed by atoms with Crippen LogP contribution in [-0.4, -0.2) is 45.8 Å². The van der Waals surface area contributed by atoms with E-state index in [4.69, 9.17) is 0 Å². The lowest BCUT2D eigenvalue weighted by molar-refractivity contribution is -0.142. The number of nitrogens with zero attached hydrogens (tertiary/aromatic N) is 7. The number of pyridine rings is 1. The van der Waals surface area contributed by atoms with Crippen LogP contribution in [0.1, 0.15) is 17.0 Å². The second-order valence-corrected chi connectivity index (χ2v) is 8.28. The first-order valence-corrected chi connectivity index (χ1v) is 11.0. The molecule has 0 aliphatic rings. The SMILES string of the molecule is Cc1ccc(Nc2ccc3c(c2)ncn3-c2ccc(CO)c(-c3cn(CC(F)(F)F)nc3C)n2)nn1. The predicted octanol–water partition coefficient (Wildman–Crippen LogP) is 4.49. The van der Waals surface area contributed by atoms with E-state index < -0.39 is 12.7 Å². The molecule has 4 heterocycles. The monoisotopic (exact) mass is 494 g/mol. The molecule has 5 aromatic rings. The van der Waals surface area contributed by atoms with Crippen LogP contribution in [0.15, 0.2) is 55.0 Å². The Morgan fingerprint density at radius 1 is 1.03 bits per heavy atom. The molecule has 0 atom stereocenters. The smallest absolute Gasteiger partial charge is 0.392 e. The average molecular weight is 494 g/mol. The number of alkyl halides is 3. The minimum absolute atomic E-state index is 0.325. The highest BCUT2D eigenvalue weighted by atomic mass is 19.4. The zero-order valence-electron chi connectivity index (χ0n) is 19.3. The van der Waals surface area contributed by atoms with Gasteiger partial charge in [-0.2, -0.15) is 23.4 Å². The Bertz CT molecular complexity index is 1540. The lowest BCUT2D eigenvalue weighted by Crippen LogP contribution is -2.17. The second kappa shape index (κ2) is 9.04. The molecule has 0 spiro atoms. The zero-order chi connectivity index (χ0) is 25.4. The first kappa shape index (κ1) is 23.4. The van der Waals surface area contributed by atoms with Gasteiger partial charge in [0.1, 0.15) is 18.7 Å². The maximum Gasteiger partial charge on any atom is 0.408 e. The summed E-state index contributed by atoms with van der Waals surface area (Å²) in [6, 6.07) is 12.7. The number of fused-ring (bicyclic) bond motifs is 1. The minimum Gasteiger partial charge on any atom is -0.392 e. The molecule has 0 aliphatic heterocycles. The Labute approximate surface area is 203 Å². The summed E-state index contributed by atoms with van der Waals surface area (Å²) in [5, 5.41) is 25.1. The van der Waals surface area contributed by atoms with Crippen molar-refractivity contribution >= 4 is 22.5 Å². The molecule has 9 nitrogen and oxygen atoms in total. The molecule has 12 heteroatoms. The summed E-state index contributed by atoms with van der Waals surface area (Å²) in [4.78, 5) is 9.14. The number of benzene rings is 1. The van der Waals surface area contributed by atoms with Crippen molar-refractivity contribution in [2.75, 3.05) is 5.32 Å². The number of halogens is 3. The highest BCUT2D eigenvalue weighted by molar-refractivity contribution is 5.82. The van der Waals surface area contributed by atoms with Gasteiger partial charge in [-0.05, 0) is 50.2 Å². The Kier molecular flexibility index (Phi) is 5.88. The number of imidazole rings is 1. The number of aliphatic hydroxyl groups excluding tert-OH is 1. The molecule has 0 bridgehead atoms. The Hall–Kier alpha value is -4.32. The number of aryl methyl sites for hydroxylation is 2. The summed E-state index contributed by atoms with van der Waals surface area (Å²) < 4.78 is 41.2. The molecular weight excluding hydrogens is 473 g/mol. The molecule has 184 valence electrons.